The lowest BCUT2D eigenvalue weighted by Gasteiger charge is -2.37. The monoisotopic (exact) mass is 329 g/mol. The number of benzene rings is 1. The third-order valence-corrected chi connectivity index (χ3v) is 4.52. The molecule has 2 rings (SSSR count). The SMILES string of the molecule is CC(=O)N1CCC(NCc2cccc(OCCCC#N)c2)C(C)C1. The fraction of sp³-hybridized carbons (Fsp3) is 0.579. The van der Waals surface area contributed by atoms with Gasteiger partial charge in [-0.05, 0) is 36.5 Å². The fourth-order valence-electron chi connectivity index (χ4n) is 3.07. The minimum atomic E-state index is 0.168. The average molecular weight is 329 g/mol. The van der Waals surface area contributed by atoms with Crippen LogP contribution in [0.4, 0.5) is 0 Å². The Morgan fingerprint density at radius 1 is 1.50 bits per heavy atom. The molecule has 1 heterocycles. The Balaban J connectivity index is 1.80. The van der Waals surface area contributed by atoms with E-state index in [0.717, 1.165) is 38.2 Å². The topological polar surface area (TPSA) is 65.4 Å². The summed E-state index contributed by atoms with van der Waals surface area (Å²) in [5.41, 5.74) is 1.19. The van der Waals surface area contributed by atoms with Crippen LogP contribution in [0.2, 0.25) is 0 Å². The van der Waals surface area contributed by atoms with E-state index in [1.54, 1.807) is 6.92 Å². The van der Waals surface area contributed by atoms with Gasteiger partial charge in [0.25, 0.3) is 0 Å². The van der Waals surface area contributed by atoms with Gasteiger partial charge in [0.1, 0.15) is 5.75 Å². The quantitative estimate of drug-likeness (QED) is 0.781. The van der Waals surface area contributed by atoms with Crippen LogP contribution in [0.3, 0.4) is 0 Å². The Bertz CT molecular complexity index is 582. The van der Waals surface area contributed by atoms with E-state index in [4.69, 9.17) is 10.00 Å². The van der Waals surface area contributed by atoms with Crippen molar-refractivity contribution < 1.29 is 9.53 Å². The molecule has 5 heteroatoms. The van der Waals surface area contributed by atoms with Gasteiger partial charge in [-0.2, -0.15) is 5.26 Å². The van der Waals surface area contributed by atoms with Crippen LogP contribution in [0, 0.1) is 17.2 Å². The third-order valence-electron chi connectivity index (χ3n) is 4.52. The zero-order valence-electron chi connectivity index (χ0n) is 14.6. The van der Waals surface area contributed by atoms with Gasteiger partial charge in [0.15, 0.2) is 0 Å². The van der Waals surface area contributed by atoms with Crippen molar-refractivity contribution >= 4 is 5.91 Å². The minimum Gasteiger partial charge on any atom is -0.494 e. The van der Waals surface area contributed by atoms with Gasteiger partial charge in [-0.25, -0.2) is 0 Å². The van der Waals surface area contributed by atoms with Crippen LogP contribution >= 0.6 is 0 Å². The van der Waals surface area contributed by atoms with Crippen LogP contribution in [-0.2, 0) is 11.3 Å². The van der Waals surface area contributed by atoms with E-state index < -0.39 is 0 Å². The average Bonchev–Trinajstić information content (AvgIpc) is 2.58. The molecule has 0 bridgehead atoms. The first-order valence-electron chi connectivity index (χ1n) is 8.67. The van der Waals surface area contributed by atoms with Crippen LogP contribution in [0.25, 0.3) is 0 Å². The summed E-state index contributed by atoms with van der Waals surface area (Å²) in [4.78, 5) is 13.4. The number of piperidine rings is 1. The van der Waals surface area contributed by atoms with Gasteiger partial charge in [0.05, 0.1) is 12.7 Å². The van der Waals surface area contributed by atoms with Crippen molar-refractivity contribution in [2.24, 2.45) is 5.92 Å². The smallest absolute Gasteiger partial charge is 0.219 e. The number of hydrogen-bond acceptors (Lipinski definition) is 4. The van der Waals surface area contributed by atoms with Crippen LogP contribution in [0.5, 0.6) is 5.75 Å². The number of unbranched alkanes of at least 4 members (excludes halogenated alkanes) is 1. The lowest BCUT2D eigenvalue weighted by atomic mass is 9.93. The molecule has 1 fully saturated rings. The van der Waals surface area contributed by atoms with Crippen LogP contribution in [0.15, 0.2) is 24.3 Å². The summed E-state index contributed by atoms with van der Waals surface area (Å²) >= 11 is 0. The van der Waals surface area contributed by atoms with Crippen molar-refractivity contribution in [3.05, 3.63) is 29.8 Å². The number of carbonyl (C=O) groups excluding carboxylic acids is 1. The molecule has 1 aromatic rings. The lowest BCUT2D eigenvalue weighted by Crippen LogP contribution is -2.49. The van der Waals surface area contributed by atoms with Crippen LogP contribution < -0.4 is 10.1 Å². The van der Waals surface area contributed by atoms with E-state index in [9.17, 15) is 4.79 Å². The molecule has 5 nitrogen and oxygen atoms in total. The highest BCUT2D eigenvalue weighted by Crippen LogP contribution is 2.19. The summed E-state index contributed by atoms with van der Waals surface area (Å²) < 4.78 is 5.68. The second-order valence-corrected chi connectivity index (χ2v) is 6.48. The van der Waals surface area contributed by atoms with E-state index in [1.807, 2.05) is 17.0 Å². The van der Waals surface area contributed by atoms with Gasteiger partial charge in [-0.3, -0.25) is 4.79 Å². The molecular formula is C19H27N3O2. The summed E-state index contributed by atoms with van der Waals surface area (Å²) in [5, 5.41) is 12.1. The van der Waals surface area contributed by atoms with Gasteiger partial charge in [-0.1, -0.05) is 19.1 Å². The number of nitriles is 1. The molecule has 1 aliphatic rings. The number of rotatable bonds is 7. The molecule has 1 N–H and O–H groups in total. The van der Waals surface area contributed by atoms with Crippen molar-refractivity contribution in [1.29, 1.82) is 5.26 Å². The van der Waals surface area contributed by atoms with Gasteiger partial charge in [0.2, 0.25) is 5.91 Å². The van der Waals surface area contributed by atoms with E-state index >= 15 is 0 Å². The standard InChI is InChI=1S/C19H27N3O2/c1-15-14-22(16(2)23)10-8-19(15)21-13-17-6-5-7-18(12-17)24-11-4-3-9-20/h5-7,12,15,19,21H,3-4,8,10-11,13-14H2,1-2H3. The Kier molecular flexibility index (Phi) is 7.07. The van der Waals surface area contributed by atoms with Gasteiger partial charge < -0.3 is 15.0 Å². The maximum Gasteiger partial charge on any atom is 0.219 e. The Hall–Kier alpha value is -2.06. The summed E-state index contributed by atoms with van der Waals surface area (Å²) in [6, 6.07) is 10.6. The van der Waals surface area contributed by atoms with Crippen molar-refractivity contribution in [3.8, 4) is 11.8 Å². The molecule has 1 aromatic carbocycles. The van der Waals surface area contributed by atoms with E-state index in [1.165, 1.54) is 5.56 Å². The number of nitrogens with zero attached hydrogens (tertiary/aromatic N) is 2. The second kappa shape index (κ2) is 9.29. The predicted molar refractivity (Wildman–Crippen MR) is 93.4 cm³/mol. The second-order valence-electron chi connectivity index (χ2n) is 6.48. The highest BCUT2D eigenvalue weighted by molar-refractivity contribution is 5.73. The number of ether oxygens (including phenoxy) is 1. The first-order chi connectivity index (χ1) is 11.6. The number of carbonyl (C=O) groups is 1. The molecule has 2 unspecified atom stereocenters. The molecule has 1 aliphatic heterocycles. The lowest BCUT2D eigenvalue weighted by molar-refractivity contribution is -0.130. The van der Waals surface area contributed by atoms with Gasteiger partial charge >= 0.3 is 0 Å². The molecule has 0 saturated carbocycles. The zero-order valence-corrected chi connectivity index (χ0v) is 14.6. The van der Waals surface area contributed by atoms with Gasteiger partial charge in [-0.15, -0.1) is 0 Å². The molecule has 0 aromatic heterocycles. The Labute approximate surface area is 144 Å². The van der Waals surface area contributed by atoms with E-state index in [0.29, 0.717) is 25.0 Å². The number of hydrogen-bond donors (Lipinski definition) is 1. The number of likely N-dealkylation sites (tertiary alicyclic amines) is 1. The van der Waals surface area contributed by atoms with Crippen molar-refractivity contribution in [1.82, 2.24) is 10.2 Å². The van der Waals surface area contributed by atoms with Crippen molar-refractivity contribution in [2.75, 3.05) is 19.7 Å². The van der Waals surface area contributed by atoms with Crippen LogP contribution in [-0.4, -0.2) is 36.5 Å². The minimum absolute atomic E-state index is 0.168. The maximum absolute atomic E-state index is 11.5. The summed E-state index contributed by atoms with van der Waals surface area (Å²) in [5.74, 6) is 1.47. The first kappa shape index (κ1) is 18.3. The summed E-state index contributed by atoms with van der Waals surface area (Å²) in [6.45, 7) is 6.87. The molecule has 0 aliphatic carbocycles. The largest absolute Gasteiger partial charge is 0.494 e. The molecule has 0 radical (unpaired) electrons. The Morgan fingerprint density at radius 3 is 3.04 bits per heavy atom. The Morgan fingerprint density at radius 2 is 2.33 bits per heavy atom. The molecule has 130 valence electrons. The van der Waals surface area contributed by atoms with E-state index in [-0.39, 0.29) is 5.91 Å². The molecular weight excluding hydrogens is 302 g/mol. The summed E-state index contributed by atoms with van der Waals surface area (Å²) in [7, 11) is 0. The molecule has 1 amide bonds. The molecule has 0 spiro atoms. The van der Waals surface area contributed by atoms with Crippen molar-refractivity contribution in [2.45, 2.75) is 45.7 Å². The van der Waals surface area contributed by atoms with Crippen LogP contribution in [0.1, 0.15) is 38.7 Å². The highest BCUT2D eigenvalue weighted by atomic mass is 16.5. The van der Waals surface area contributed by atoms with Gasteiger partial charge in [0, 0.05) is 39.0 Å². The normalized spacial score (nSPS) is 20.5. The predicted octanol–water partition coefficient (Wildman–Crippen LogP) is 2.72. The van der Waals surface area contributed by atoms with Crippen molar-refractivity contribution in [3.63, 3.8) is 0 Å². The first-order valence-corrected chi connectivity index (χ1v) is 8.67. The maximum atomic E-state index is 11.5. The summed E-state index contributed by atoms with van der Waals surface area (Å²) in [6.07, 6.45) is 2.27. The molecule has 24 heavy (non-hydrogen) atoms. The van der Waals surface area contributed by atoms with E-state index in [2.05, 4.69) is 30.4 Å². The fourth-order valence-corrected chi connectivity index (χ4v) is 3.07. The number of amides is 1. The number of nitrogens with one attached hydrogen (secondary N) is 1. The molecule has 1 saturated heterocycles. The highest BCUT2D eigenvalue weighted by Gasteiger charge is 2.26. The third kappa shape index (κ3) is 5.54. The molecule has 2 atom stereocenters. The zero-order chi connectivity index (χ0) is 17.4.